The Morgan fingerprint density at radius 1 is 1.09 bits per heavy atom. The molecule has 35 heavy (non-hydrogen) atoms. The Balaban J connectivity index is 1.65. The Hall–Kier alpha value is -2.91. The summed E-state index contributed by atoms with van der Waals surface area (Å²) in [6.07, 6.45) is -1.05. The minimum Gasteiger partial charge on any atom is -0.394 e. The highest BCUT2D eigenvalue weighted by molar-refractivity contribution is 5.57. The average Bonchev–Trinajstić information content (AvgIpc) is 3.47. The van der Waals surface area contributed by atoms with Crippen LogP contribution in [0.25, 0.3) is 11.3 Å². The molecule has 190 valence electrons. The quantitative estimate of drug-likeness (QED) is 0.399. The number of rotatable bonds is 7. The second-order valence-corrected chi connectivity index (χ2v) is 8.80. The second-order valence-electron chi connectivity index (χ2n) is 8.80. The minimum absolute atomic E-state index is 0.0274. The van der Waals surface area contributed by atoms with Crippen molar-refractivity contribution < 1.29 is 38.0 Å². The predicted molar refractivity (Wildman–Crippen MR) is 112 cm³/mol. The largest absolute Gasteiger partial charge is 0.394 e. The van der Waals surface area contributed by atoms with E-state index in [1.807, 2.05) is 0 Å². The van der Waals surface area contributed by atoms with Crippen molar-refractivity contribution >= 4 is 0 Å². The first-order chi connectivity index (χ1) is 16.5. The highest BCUT2D eigenvalue weighted by Gasteiger charge is 2.47. The molecule has 1 aliphatic heterocycles. The molecule has 1 fully saturated rings. The van der Waals surface area contributed by atoms with Crippen molar-refractivity contribution in [3.05, 3.63) is 47.7 Å². The van der Waals surface area contributed by atoms with Gasteiger partial charge in [-0.1, -0.05) is 10.4 Å². The van der Waals surface area contributed by atoms with Crippen LogP contribution in [-0.2, 0) is 21.6 Å². The lowest BCUT2D eigenvalue weighted by atomic mass is 9.92. The molecular weight excluding hydrogens is 473 g/mol. The van der Waals surface area contributed by atoms with Gasteiger partial charge in [0.1, 0.15) is 47.4 Å². The summed E-state index contributed by atoms with van der Waals surface area (Å²) in [4.78, 5) is 0. The summed E-state index contributed by atoms with van der Waals surface area (Å²) >= 11 is 0. The summed E-state index contributed by atoms with van der Waals surface area (Å²) in [5, 5.41) is 46.6. The molecular formula is C21H25F3N6O5. The third-order valence-electron chi connectivity index (χ3n) is 5.86. The number of halogens is 3. The second kappa shape index (κ2) is 9.62. The highest BCUT2D eigenvalue weighted by Crippen LogP contribution is 2.33. The van der Waals surface area contributed by atoms with Gasteiger partial charge in [0.15, 0.2) is 17.5 Å². The number of aromatic nitrogens is 6. The lowest BCUT2D eigenvalue weighted by Gasteiger charge is -2.43. The van der Waals surface area contributed by atoms with Gasteiger partial charge in [-0.25, -0.2) is 22.5 Å². The molecule has 1 aromatic carbocycles. The summed E-state index contributed by atoms with van der Waals surface area (Å²) < 4.78 is 54.9. The van der Waals surface area contributed by atoms with Crippen LogP contribution in [0.15, 0.2) is 24.5 Å². The molecule has 4 rings (SSSR count). The molecule has 3 N–H and O–H groups in total. The van der Waals surface area contributed by atoms with Crippen molar-refractivity contribution in [2.24, 2.45) is 0 Å². The summed E-state index contributed by atoms with van der Waals surface area (Å²) in [5.41, 5.74) is -0.910. The van der Waals surface area contributed by atoms with Gasteiger partial charge in [0, 0.05) is 12.7 Å². The van der Waals surface area contributed by atoms with E-state index in [2.05, 4.69) is 20.6 Å². The maximum absolute atomic E-state index is 13.7. The number of methoxy groups -OCH3 is 1. The van der Waals surface area contributed by atoms with Gasteiger partial charge in [0.25, 0.3) is 0 Å². The van der Waals surface area contributed by atoms with Crippen molar-refractivity contribution in [3.63, 3.8) is 0 Å². The van der Waals surface area contributed by atoms with Gasteiger partial charge in [-0.15, -0.1) is 10.2 Å². The minimum atomic E-state index is -1.60. The highest BCUT2D eigenvalue weighted by atomic mass is 19.2. The average molecular weight is 498 g/mol. The zero-order chi connectivity index (χ0) is 25.5. The molecule has 0 spiro atoms. The molecule has 0 bridgehead atoms. The fraction of sp³-hybridized carbons (Fsp3) is 0.524. The lowest BCUT2D eigenvalue weighted by Crippen LogP contribution is -2.57. The smallest absolute Gasteiger partial charge is 0.194 e. The Kier molecular flexibility index (Phi) is 6.92. The van der Waals surface area contributed by atoms with E-state index in [0.717, 1.165) is 12.1 Å². The fourth-order valence-corrected chi connectivity index (χ4v) is 4.02. The monoisotopic (exact) mass is 498 g/mol. The number of hydrogen-bond donors (Lipinski definition) is 3. The van der Waals surface area contributed by atoms with Gasteiger partial charge in [-0.3, -0.25) is 0 Å². The van der Waals surface area contributed by atoms with Crippen LogP contribution in [0.4, 0.5) is 13.2 Å². The van der Waals surface area contributed by atoms with E-state index < -0.39 is 60.1 Å². The SMILES string of the molecule is CO[C@@H]1[C@@H](n2cc(-c3cc(F)c(F)c(F)c3)nn2)[C@@H](O)[C@@H](CO)O[C@@H]1Cn1cc(C(C)(C)O)nn1. The third kappa shape index (κ3) is 4.92. The molecule has 1 aliphatic rings. The van der Waals surface area contributed by atoms with Crippen LogP contribution in [-0.4, -0.2) is 83.4 Å². The van der Waals surface area contributed by atoms with Crippen LogP contribution in [0.3, 0.4) is 0 Å². The molecule has 3 aromatic rings. The van der Waals surface area contributed by atoms with Crippen molar-refractivity contribution in [1.29, 1.82) is 0 Å². The Morgan fingerprint density at radius 3 is 2.34 bits per heavy atom. The van der Waals surface area contributed by atoms with Crippen LogP contribution in [0.2, 0.25) is 0 Å². The summed E-state index contributed by atoms with van der Waals surface area (Å²) in [7, 11) is 1.40. The Bertz CT molecular complexity index is 1160. The Morgan fingerprint density at radius 2 is 1.77 bits per heavy atom. The molecule has 5 atom stereocenters. The first-order valence-electron chi connectivity index (χ1n) is 10.7. The van der Waals surface area contributed by atoms with E-state index in [4.69, 9.17) is 9.47 Å². The van der Waals surface area contributed by atoms with Crippen molar-refractivity contribution in [3.8, 4) is 11.3 Å². The summed E-state index contributed by atoms with van der Waals surface area (Å²) in [5.74, 6) is -4.36. The molecule has 0 unspecified atom stereocenters. The normalized spacial score (nSPS) is 25.2. The standard InChI is InChI=1S/C21H25F3N6O5/c1-21(2,33)16-8-29(27-26-16)7-14-20(34-3)18(19(32)15(9-31)35-14)30-6-13(25-28-30)10-4-11(22)17(24)12(23)5-10/h4-6,8,14-15,18-20,31-33H,7,9H2,1-3H3/t14-,15-,18+,19+,20+/m1/s1. The zero-order valence-electron chi connectivity index (χ0n) is 19.1. The number of benzene rings is 1. The molecule has 0 aliphatic carbocycles. The molecule has 1 saturated heterocycles. The van der Waals surface area contributed by atoms with E-state index in [1.165, 1.54) is 28.9 Å². The summed E-state index contributed by atoms with van der Waals surface area (Å²) in [6.45, 7) is 2.70. The van der Waals surface area contributed by atoms with E-state index in [0.29, 0.717) is 5.69 Å². The van der Waals surface area contributed by atoms with Crippen LogP contribution < -0.4 is 0 Å². The van der Waals surface area contributed by atoms with Crippen LogP contribution >= 0.6 is 0 Å². The molecule has 14 heteroatoms. The molecule has 3 heterocycles. The van der Waals surface area contributed by atoms with Crippen molar-refractivity contribution in [2.75, 3.05) is 13.7 Å². The first-order valence-corrected chi connectivity index (χ1v) is 10.7. The fourth-order valence-electron chi connectivity index (χ4n) is 4.02. The van der Waals surface area contributed by atoms with Crippen LogP contribution in [0, 0.1) is 17.5 Å². The van der Waals surface area contributed by atoms with Gasteiger partial charge in [-0.05, 0) is 26.0 Å². The van der Waals surface area contributed by atoms with E-state index >= 15 is 0 Å². The number of ether oxygens (including phenoxy) is 2. The number of hydrogen-bond acceptors (Lipinski definition) is 9. The maximum Gasteiger partial charge on any atom is 0.194 e. The topological polar surface area (TPSA) is 141 Å². The number of aliphatic hydroxyl groups is 3. The Labute approximate surface area is 197 Å². The first kappa shape index (κ1) is 25.2. The number of nitrogens with zero attached hydrogens (tertiary/aromatic N) is 6. The van der Waals surface area contributed by atoms with Crippen molar-refractivity contribution in [2.45, 2.75) is 56.5 Å². The third-order valence-corrected chi connectivity index (χ3v) is 5.86. The van der Waals surface area contributed by atoms with E-state index in [-0.39, 0.29) is 17.8 Å². The van der Waals surface area contributed by atoms with Gasteiger partial charge >= 0.3 is 0 Å². The van der Waals surface area contributed by atoms with E-state index in [1.54, 1.807) is 13.8 Å². The lowest BCUT2D eigenvalue weighted by molar-refractivity contribution is -0.216. The predicted octanol–water partition coefficient (Wildman–Crippen LogP) is 0.558. The van der Waals surface area contributed by atoms with E-state index in [9.17, 15) is 28.5 Å². The summed E-state index contributed by atoms with van der Waals surface area (Å²) in [6, 6.07) is 0.640. The van der Waals surface area contributed by atoms with Crippen LogP contribution in [0.1, 0.15) is 25.6 Å². The molecule has 11 nitrogen and oxygen atoms in total. The van der Waals surface area contributed by atoms with Gasteiger partial charge < -0.3 is 24.8 Å². The number of aliphatic hydroxyl groups excluding tert-OH is 2. The van der Waals surface area contributed by atoms with Gasteiger partial charge in [-0.2, -0.15) is 0 Å². The van der Waals surface area contributed by atoms with Crippen molar-refractivity contribution in [1.82, 2.24) is 30.0 Å². The van der Waals surface area contributed by atoms with Gasteiger partial charge in [0.05, 0.1) is 25.5 Å². The maximum atomic E-state index is 13.7. The van der Waals surface area contributed by atoms with Crippen LogP contribution in [0.5, 0.6) is 0 Å². The molecule has 0 radical (unpaired) electrons. The zero-order valence-corrected chi connectivity index (χ0v) is 19.1. The van der Waals surface area contributed by atoms with Gasteiger partial charge in [0.2, 0.25) is 0 Å². The molecule has 2 aromatic heterocycles. The molecule has 0 amide bonds. The molecule has 0 saturated carbocycles.